The van der Waals surface area contributed by atoms with Crippen molar-refractivity contribution in [2.75, 3.05) is 7.11 Å². The van der Waals surface area contributed by atoms with Gasteiger partial charge in [-0.05, 0) is 37.9 Å². The van der Waals surface area contributed by atoms with Gasteiger partial charge in [0.15, 0.2) is 0 Å². The standard InChI is InChI=1S/C12H8Br2F2O2S/c1-18-5-2-7(15)10(8(16)3-5)11(17)6-4-9(13)19-12(6)14/h2-4,11,17H,1H3. The van der Waals surface area contributed by atoms with Gasteiger partial charge in [-0.2, -0.15) is 0 Å². The first-order valence-electron chi connectivity index (χ1n) is 5.09. The Labute approximate surface area is 129 Å². The van der Waals surface area contributed by atoms with Crippen molar-refractivity contribution in [3.63, 3.8) is 0 Å². The molecule has 2 nitrogen and oxygen atoms in total. The average molecular weight is 414 g/mol. The minimum atomic E-state index is -1.39. The number of hydrogen-bond donors (Lipinski definition) is 1. The zero-order valence-corrected chi connectivity index (χ0v) is 13.6. The summed E-state index contributed by atoms with van der Waals surface area (Å²) in [6, 6.07) is 3.69. The molecule has 0 aliphatic carbocycles. The summed E-state index contributed by atoms with van der Waals surface area (Å²) in [5.74, 6) is -1.63. The smallest absolute Gasteiger partial charge is 0.135 e. The predicted molar refractivity (Wildman–Crippen MR) is 76.7 cm³/mol. The van der Waals surface area contributed by atoms with Crippen LogP contribution in [0.5, 0.6) is 5.75 Å². The predicted octanol–water partition coefficient (Wildman–Crippen LogP) is 4.64. The summed E-state index contributed by atoms with van der Waals surface area (Å²) in [5.41, 5.74) is 0.00615. The van der Waals surface area contributed by atoms with Gasteiger partial charge in [0.1, 0.15) is 23.5 Å². The van der Waals surface area contributed by atoms with E-state index in [1.807, 2.05) is 0 Å². The van der Waals surface area contributed by atoms with Crippen molar-refractivity contribution in [3.8, 4) is 5.75 Å². The highest BCUT2D eigenvalue weighted by Gasteiger charge is 2.24. The van der Waals surface area contributed by atoms with Crippen LogP contribution in [-0.2, 0) is 0 Å². The van der Waals surface area contributed by atoms with Crippen LogP contribution in [0.2, 0.25) is 0 Å². The number of ether oxygens (including phenoxy) is 1. The molecule has 1 atom stereocenters. The topological polar surface area (TPSA) is 29.5 Å². The number of methoxy groups -OCH3 is 1. The van der Waals surface area contributed by atoms with Crippen molar-refractivity contribution in [1.29, 1.82) is 0 Å². The van der Waals surface area contributed by atoms with E-state index in [4.69, 9.17) is 4.74 Å². The van der Waals surface area contributed by atoms with Gasteiger partial charge in [0.25, 0.3) is 0 Å². The Balaban J connectivity index is 2.50. The lowest BCUT2D eigenvalue weighted by atomic mass is 10.0. The van der Waals surface area contributed by atoms with E-state index in [1.54, 1.807) is 6.07 Å². The van der Waals surface area contributed by atoms with Crippen molar-refractivity contribution in [3.05, 3.63) is 48.5 Å². The normalized spacial score (nSPS) is 12.5. The van der Waals surface area contributed by atoms with Crippen LogP contribution in [0.25, 0.3) is 0 Å². The molecule has 19 heavy (non-hydrogen) atoms. The van der Waals surface area contributed by atoms with Crippen LogP contribution in [0.15, 0.2) is 25.8 Å². The molecule has 1 aromatic heterocycles. The lowest BCUT2D eigenvalue weighted by Crippen LogP contribution is -2.06. The fourth-order valence-electron chi connectivity index (χ4n) is 1.64. The summed E-state index contributed by atoms with van der Waals surface area (Å²) in [6.07, 6.45) is -1.39. The van der Waals surface area contributed by atoms with E-state index in [0.29, 0.717) is 9.35 Å². The fourth-order valence-corrected chi connectivity index (χ4v) is 4.52. The first-order valence-corrected chi connectivity index (χ1v) is 7.50. The molecule has 0 radical (unpaired) electrons. The van der Waals surface area contributed by atoms with Crippen molar-refractivity contribution in [1.82, 2.24) is 0 Å². The Bertz CT molecular complexity index is 593. The second-order valence-electron chi connectivity index (χ2n) is 3.69. The number of aliphatic hydroxyl groups excluding tert-OH is 1. The quantitative estimate of drug-likeness (QED) is 0.794. The SMILES string of the molecule is COc1cc(F)c(C(O)c2cc(Br)sc2Br)c(F)c1. The number of benzene rings is 1. The van der Waals surface area contributed by atoms with Crippen LogP contribution in [0.3, 0.4) is 0 Å². The van der Waals surface area contributed by atoms with Gasteiger partial charge in [0.2, 0.25) is 0 Å². The summed E-state index contributed by atoms with van der Waals surface area (Å²) in [6.45, 7) is 0. The highest BCUT2D eigenvalue weighted by molar-refractivity contribution is 9.12. The fraction of sp³-hybridized carbons (Fsp3) is 0.167. The van der Waals surface area contributed by atoms with Gasteiger partial charge in [0, 0.05) is 17.7 Å². The highest BCUT2D eigenvalue weighted by atomic mass is 79.9. The van der Waals surface area contributed by atoms with Crippen LogP contribution in [0.4, 0.5) is 8.78 Å². The van der Waals surface area contributed by atoms with Crippen molar-refractivity contribution >= 4 is 43.2 Å². The molecule has 0 aliphatic rings. The Morgan fingerprint density at radius 1 is 1.21 bits per heavy atom. The van der Waals surface area contributed by atoms with Crippen LogP contribution >= 0.6 is 43.2 Å². The lowest BCUT2D eigenvalue weighted by molar-refractivity contribution is 0.208. The molecular weight excluding hydrogens is 406 g/mol. The Morgan fingerprint density at radius 3 is 2.21 bits per heavy atom. The van der Waals surface area contributed by atoms with Gasteiger partial charge in [-0.3, -0.25) is 0 Å². The highest BCUT2D eigenvalue weighted by Crippen LogP contribution is 2.39. The number of thiophene rings is 1. The zero-order valence-electron chi connectivity index (χ0n) is 9.58. The molecule has 7 heteroatoms. The number of aliphatic hydroxyl groups is 1. The summed E-state index contributed by atoms with van der Waals surface area (Å²) < 4.78 is 33.9. The van der Waals surface area contributed by atoms with Gasteiger partial charge >= 0.3 is 0 Å². The summed E-state index contributed by atoms with van der Waals surface area (Å²) in [7, 11) is 1.32. The van der Waals surface area contributed by atoms with Crippen molar-refractivity contribution in [2.24, 2.45) is 0 Å². The molecule has 0 aliphatic heterocycles. The van der Waals surface area contributed by atoms with E-state index in [0.717, 1.165) is 15.9 Å². The number of halogens is 4. The maximum absolute atomic E-state index is 13.9. The zero-order chi connectivity index (χ0) is 14.2. The minimum absolute atomic E-state index is 0.0662. The maximum Gasteiger partial charge on any atom is 0.135 e. The number of rotatable bonds is 3. The van der Waals surface area contributed by atoms with E-state index in [2.05, 4.69) is 31.9 Å². The van der Waals surface area contributed by atoms with Gasteiger partial charge in [-0.25, -0.2) is 8.78 Å². The van der Waals surface area contributed by atoms with E-state index in [-0.39, 0.29) is 5.75 Å². The minimum Gasteiger partial charge on any atom is -0.497 e. The molecule has 2 aromatic rings. The third kappa shape index (κ3) is 2.99. The van der Waals surface area contributed by atoms with E-state index in [9.17, 15) is 13.9 Å². The molecule has 2 rings (SSSR count). The lowest BCUT2D eigenvalue weighted by Gasteiger charge is -2.13. The van der Waals surface area contributed by atoms with Crippen LogP contribution < -0.4 is 4.74 Å². The third-order valence-corrected chi connectivity index (χ3v) is 4.93. The van der Waals surface area contributed by atoms with Crippen molar-refractivity contribution < 1.29 is 18.6 Å². The van der Waals surface area contributed by atoms with Gasteiger partial charge in [-0.15, -0.1) is 11.3 Å². The molecule has 1 N–H and O–H groups in total. The maximum atomic E-state index is 13.9. The van der Waals surface area contributed by atoms with Crippen LogP contribution in [0.1, 0.15) is 17.2 Å². The second kappa shape index (κ2) is 5.87. The summed E-state index contributed by atoms with van der Waals surface area (Å²) in [4.78, 5) is 0. The molecule has 0 spiro atoms. The van der Waals surface area contributed by atoms with E-state index >= 15 is 0 Å². The van der Waals surface area contributed by atoms with Crippen LogP contribution in [0, 0.1) is 11.6 Å². The first-order chi connectivity index (χ1) is 8.93. The molecule has 0 saturated heterocycles. The molecule has 0 amide bonds. The molecular formula is C12H8Br2F2O2S. The molecule has 0 fully saturated rings. The average Bonchev–Trinajstić information content (AvgIpc) is 2.67. The molecule has 1 aromatic carbocycles. The Kier molecular flexibility index (Phi) is 4.60. The summed E-state index contributed by atoms with van der Waals surface area (Å²) in [5, 5.41) is 10.1. The summed E-state index contributed by atoms with van der Waals surface area (Å²) >= 11 is 7.82. The Hall–Kier alpha value is -0.500. The van der Waals surface area contributed by atoms with E-state index < -0.39 is 23.3 Å². The molecule has 1 unspecified atom stereocenters. The monoisotopic (exact) mass is 412 g/mol. The van der Waals surface area contributed by atoms with Crippen LogP contribution in [-0.4, -0.2) is 12.2 Å². The Morgan fingerprint density at radius 2 is 1.79 bits per heavy atom. The molecule has 0 bridgehead atoms. The number of hydrogen-bond acceptors (Lipinski definition) is 3. The first kappa shape index (κ1) is 14.9. The largest absolute Gasteiger partial charge is 0.497 e. The van der Waals surface area contributed by atoms with Gasteiger partial charge in [-0.1, -0.05) is 0 Å². The molecule has 102 valence electrons. The molecule has 1 heterocycles. The second-order valence-corrected chi connectivity index (χ2v) is 7.44. The van der Waals surface area contributed by atoms with Crippen molar-refractivity contribution in [2.45, 2.75) is 6.10 Å². The van der Waals surface area contributed by atoms with E-state index in [1.165, 1.54) is 18.4 Å². The molecule has 0 saturated carbocycles. The third-order valence-electron chi connectivity index (χ3n) is 2.54. The van der Waals surface area contributed by atoms with Gasteiger partial charge in [0.05, 0.1) is 20.2 Å². The van der Waals surface area contributed by atoms with Gasteiger partial charge < -0.3 is 9.84 Å².